The van der Waals surface area contributed by atoms with Gasteiger partial charge < -0.3 is 14.4 Å². The maximum atomic E-state index is 12.5. The van der Waals surface area contributed by atoms with Crippen molar-refractivity contribution in [1.29, 1.82) is 0 Å². The third-order valence-corrected chi connectivity index (χ3v) is 4.09. The number of nitrogens with zero attached hydrogens (tertiary/aromatic N) is 3. The van der Waals surface area contributed by atoms with Crippen molar-refractivity contribution in [3.05, 3.63) is 47.8 Å². The number of benzene rings is 1. The van der Waals surface area contributed by atoms with Gasteiger partial charge in [-0.1, -0.05) is 0 Å². The summed E-state index contributed by atoms with van der Waals surface area (Å²) >= 11 is 0. The second kappa shape index (κ2) is 7.49. The first kappa shape index (κ1) is 16.5. The Hall–Kier alpha value is -2.34. The fourth-order valence-corrected chi connectivity index (χ4v) is 2.78. The number of aryl methyl sites for hydroxylation is 1. The Balaban J connectivity index is 1.54. The van der Waals surface area contributed by atoms with Crippen LogP contribution in [0.4, 0.5) is 0 Å². The van der Waals surface area contributed by atoms with Crippen molar-refractivity contribution in [2.75, 3.05) is 20.3 Å². The molecule has 0 spiro atoms. The third kappa shape index (κ3) is 4.14. The minimum atomic E-state index is -0.0236. The summed E-state index contributed by atoms with van der Waals surface area (Å²) in [6.07, 6.45) is 6.02. The molecule has 1 amide bonds. The van der Waals surface area contributed by atoms with Crippen LogP contribution in [0.3, 0.4) is 0 Å². The predicted octanol–water partition coefficient (Wildman–Crippen LogP) is 2.25. The van der Waals surface area contributed by atoms with Crippen LogP contribution >= 0.6 is 0 Å². The van der Waals surface area contributed by atoms with Gasteiger partial charge in [-0.3, -0.25) is 9.48 Å². The summed E-state index contributed by atoms with van der Waals surface area (Å²) in [6, 6.07) is 7.26. The summed E-state index contributed by atoms with van der Waals surface area (Å²) in [5.41, 5.74) is 1.65. The molecular weight excluding hydrogens is 306 g/mol. The topological polar surface area (TPSA) is 56.6 Å². The van der Waals surface area contributed by atoms with Crippen molar-refractivity contribution >= 4 is 5.91 Å². The van der Waals surface area contributed by atoms with Gasteiger partial charge in [-0.25, -0.2) is 0 Å². The minimum Gasteiger partial charge on any atom is -0.491 e. The van der Waals surface area contributed by atoms with Crippen LogP contribution < -0.4 is 4.74 Å². The number of hydrogen-bond donors (Lipinski definition) is 0. The highest BCUT2D eigenvalue weighted by Gasteiger charge is 2.16. The van der Waals surface area contributed by atoms with Gasteiger partial charge in [0.15, 0.2) is 0 Å². The number of aromatic nitrogens is 2. The van der Waals surface area contributed by atoms with Gasteiger partial charge in [-0.2, -0.15) is 5.10 Å². The molecule has 1 aliphatic rings. The lowest BCUT2D eigenvalue weighted by Gasteiger charge is -2.17. The summed E-state index contributed by atoms with van der Waals surface area (Å²) in [5, 5.41) is 4.12. The minimum absolute atomic E-state index is 0.0236. The number of carbonyl (C=O) groups is 1. The molecule has 2 aromatic rings. The Labute approximate surface area is 142 Å². The van der Waals surface area contributed by atoms with Crippen LogP contribution in [0.2, 0.25) is 0 Å². The SMILES string of the molecule is CN(Cc1cnn(C)c1)C(=O)c1ccc(OCC2CCCO2)cc1. The van der Waals surface area contributed by atoms with E-state index in [-0.39, 0.29) is 12.0 Å². The normalized spacial score (nSPS) is 17.0. The Bertz CT molecular complexity index is 675. The highest BCUT2D eigenvalue weighted by atomic mass is 16.5. The molecule has 0 N–H and O–H groups in total. The molecule has 1 atom stereocenters. The molecule has 128 valence electrons. The van der Waals surface area contributed by atoms with Crippen LogP contribution in [0.5, 0.6) is 5.75 Å². The smallest absolute Gasteiger partial charge is 0.253 e. The molecule has 1 saturated heterocycles. The average Bonchev–Trinajstić information content (AvgIpc) is 3.24. The van der Waals surface area contributed by atoms with E-state index in [1.165, 1.54) is 0 Å². The average molecular weight is 329 g/mol. The van der Waals surface area contributed by atoms with Crippen LogP contribution in [0.15, 0.2) is 36.7 Å². The number of hydrogen-bond acceptors (Lipinski definition) is 4. The van der Waals surface area contributed by atoms with Gasteiger partial charge >= 0.3 is 0 Å². The quantitative estimate of drug-likeness (QED) is 0.816. The molecule has 1 fully saturated rings. The van der Waals surface area contributed by atoms with Crippen molar-refractivity contribution in [3.8, 4) is 5.75 Å². The fourth-order valence-electron chi connectivity index (χ4n) is 2.78. The van der Waals surface area contributed by atoms with E-state index in [1.54, 1.807) is 35.0 Å². The van der Waals surface area contributed by atoms with Gasteiger partial charge in [-0.15, -0.1) is 0 Å². The molecule has 6 nitrogen and oxygen atoms in total. The number of amides is 1. The summed E-state index contributed by atoms with van der Waals surface area (Å²) < 4.78 is 13.0. The largest absolute Gasteiger partial charge is 0.491 e. The number of carbonyl (C=O) groups excluding carboxylic acids is 1. The molecular formula is C18H23N3O3. The first-order valence-electron chi connectivity index (χ1n) is 8.19. The van der Waals surface area contributed by atoms with E-state index in [0.29, 0.717) is 18.7 Å². The second-order valence-electron chi connectivity index (χ2n) is 6.15. The standard InChI is InChI=1S/C18H23N3O3/c1-20(11-14-10-19-21(2)12-14)18(22)15-5-7-16(8-6-15)24-13-17-4-3-9-23-17/h5-8,10,12,17H,3-4,9,11,13H2,1-2H3. The zero-order valence-electron chi connectivity index (χ0n) is 14.1. The highest BCUT2D eigenvalue weighted by Crippen LogP contribution is 2.17. The third-order valence-electron chi connectivity index (χ3n) is 4.09. The van der Waals surface area contributed by atoms with E-state index in [4.69, 9.17) is 9.47 Å². The second-order valence-corrected chi connectivity index (χ2v) is 6.15. The highest BCUT2D eigenvalue weighted by molar-refractivity contribution is 5.94. The van der Waals surface area contributed by atoms with E-state index >= 15 is 0 Å². The first-order valence-corrected chi connectivity index (χ1v) is 8.19. The molecule has 0 radical (unpaired) electrons. The Morgan fingerprint density at radius 1 is 1.42 bits per heavy atom. The van der Waals surface area contributed by atoms with Gasteiger partial charge in [0.25, 0.3) is 5.91 Å². The lowest BCUT2D eigenvalue weighted by Crippen LogP contribution is -2.26. The van der Waals surface area contributed by atoms with E-state index in [9.17, 15) is 4.79 Å². The van der Waals surface area contributed by atoms with Gasteiger partial charge in [0.2, 0.25) is 0 Å². The maximum Gasteiger partial charge on any atom is 0.253 e. The maximum absolute atomic E-state index is 12.5. The molecule has 6 heteroatoms. The van der Waals surface area contributed by atoms with E-state index < -0.39 is 0 Å². The van der Waals surface area contributed by atoms with Crippen molar-refractivity contribution < 1.29 is 14.3 Å². The van der Waals surface area contributed by atoms with Crippen LogP contribution in [-0.4, -0.2) is 47.0 Å². The molecule has 1 aliphatic heterocycles. The summed E-state index contributed by atoms with van der Waals surface area (Å²) in [5.74, 6) is 0.737. The van der Waals surface area contributed by atoms with E-state index in [1.807, 2.05) is 25.4 Å². The van der Waals surface area contributed by atoms with Crippen molar-refractivity contribution in [2.45, 2.75) is 25.5 Å². The first-order chi connectivity index (χ1) is 11.6. The molecule has 24 heavy (non-hydrogen) atoms. The lowest BCUT2D eigenvalue weighted by molar-refractivity contribution is 0.0679. The van der Waals surface area contributed by atoms with Gasteiger partial charge in [0.1, 0.15) is 12.4 Å². The Morgan fingerprint density at radius 3 is 2.83 bits per heavy atom. The van der Waals surface area contributed by atoms with E-state index in [0.717, 1.165) is 30.8 Å². The summed E-state index contributed by atoms with van der Waals surface area (Å²) in [7, 11) is 3.65. The Kier molecular flexibility index (Phi) is 5.15. The number of rotatable bonds is 6. The van der Waals surface area contributed by atoms with Crippen molar-refractivity contribution in [3.63, 3.8) is 0 Å². The molecule has 1 aromatic heterocycles. The van der Waals surface area contributed by atoms with Gasteiger partial charge in [0.05, 0.1) is 12.3 Å². The van der Waals surface area contributed by atoms with Crippen LogP contribution in [0.25, 0.3) is 0 Å². The Morgan fingerprint density at radius 2 is 2.21 bits per heavy atom. The molecule has 0 aliphatic carbocycles. The monoisotopic (exact) mass is 329 g/mol. The zero-order chi connectivity index (χ0) is 16.9. The predicted molar refractivity (Wildman–Crippen MR) is 89.9 cm³/mol. The van der Waals surface area contributed by atoms with Crippen LogP contribution in [0, 0.1) is 0 Å². The number of ether oxygens (including phenoxy) is 2. The zero-order valence-corrected chi connectivity index (χ0v) is 14.1. The molecule has 0 saturated carbocycles. The van der Waals surface area contributed by atoms with E-state index in [2.05, 4.69) is 5.10 Å². The molecule has 0 bridgehead atoms. The fraction of sp³-hybridized carbons (Fsp3) is 0.444. The van der Waals surface area contributed by atoms with Crippen molar-refractivity contribution in [1.82, 2.24) is 14.7 Å². The van der Waals surface area contributed by atoms with Gasteiger partial charge in [-0.05, 0) is 37.1 Å². The van der Waals surface area contributed by atoms with Crippen molar-refractivity contribution in [2.24, 2.45) is 7.05 Å². The van der Waals surface area contributed by atoms with Gasteiger partial charge in [0, 0.05) is 44.6 Å². The molecule has 2 heterocycles. The summed E-state index contributed by atoms with van der Waals surface area (Å²) in [6.45, 7) is 1.92. The van der Waals surface area contributed by atoms with Crippen LogP contribution in [0.1, 0.15) is 28.8 Å². The van der Waals surface area contributed by atoms with Crippen LogP contribution in [-0.2, 0) is 18.3 Å². The molecule has 3 rings (SSSR count). The molecule has 1 unspecified atom stereocenters. The lowest BCUT2D eigenvalue weighted by atomic mass is 10.2. The molecule has 1 aromatic carbocycles. The summed E-state index contributed by atoms with van der Waals surface area (Å²) in [4.78, 5) is 14.2.